The highest BCUT2D eigenvalue weighted by atomic mass is 16.5. The van der Waals surface area contributed by atoms with Crippen LogP contribution in [0.5, 0.6) is 11.5 Å². The molecule has 134 valence electrons. The second-order valence-corrected chi connectivity index (χ2v) is 7.05. The molecule has 5 heteroatoms. The summed E-state index contributed by atoms with van der Waals surface area (Å²) < 4.78 is 11.4. The smallest absolute Gasteiger partial charge is 0.127 e. The minimum absolute atomic E-state index is 0.252. The van der Waals surface area contributed by atoms with E-state index in [4.69, 9.17) is 14.6 Å². The van der Waals surface area contributed by atoms with Gasteiger partial charge in [-0.1, -0.05) is 0 Å². The zero-order valence-corrected chi connectivity index (χ0v) is 14.9. The Morgan fingerprint density at radius 3 is 2.83 bits per heavy atom. The molecule has 0 bridgehead atoms. The van der Waals surface area contributed by atoms with Crippen molar-refractivity contribution in [1.82, 2.24) is 10.2 Å². The number of nitrogens with zero attached hydrogens (tertiary/aromatic N) is 1. The molecule has 2 N–H and O–H groups in total. The molecule has 0 saturated carbocycles. The monoisotopic (exact) mass is 334 g/mol. The summed E-state index contributed by atoms with van der Waals surface area (Å²) in [5.74, 6) is 2.69. The number of rotatable bonds is 7. The highest BCUT2D eigenvalue weighted by molar-refractivity contribution is 5.49. The standard InChI is InChI=1S/C19H30N2O3/c1-14-9-16-10-18(23-2)11-17(19(16)24-14)13-20-12-15-3-5-21(6-4-15)7-8-22/h10-11,14-15,20,22H,3-9,12-13H2,1-2H3/t14-/m0/s1. The molecule has 1 fully saturated rings. The van der Waals surface area contributed by atoms with Crippen molar-refractivity contribution in [1.29, 1.82) is 0 Å². The number of methoxy groups -OCH3 is 1. The highest BCUT2D eigenvalue weighted by Gasteiger charge is 2.24. The summed E-state index contributed by atoms with van der Waals surface area (Å²) in [5, 5.41) is 12.6. The normalized spacial score (nSPS) is 21.5. The van der Waals surface area contributed by atoms with Gasteiger partial charge < -0.3 is 24.8 Å². The van der Waals surface area contributed by atoms with Crippen LogP contribution >= 0.6 is 0 Å². The van der Waals surface area contributed by atoms with Crippen molar-refractivity contribution in [2.24, 2.45) is 5.92 Å². The van der Waals surface area contributed by atoms with Crippen molar-refractivity contribution in [3.8, 4) is 11.5 Å². The van der Waals surface area contributed by atoms with E-state index in [-0.39, 0.29) is 12.7 Å². The number of fused-ring (bicyclic) bond motifs is 1. The zero-order valence-electron chi connectivity index (χ0n) is 14.9. The van der Waals surface area contributed by atoms with E-state index in [2.05, 4.69) is 29.3 Å². The van der Waals surface area contributed by atoms with E-state index in [1.165, 1.54) is 24.0 Å². The Kier molecular flexibility index (Phi) is 5.98. The van der Waals surface area contributed by atoms with Crippen LogP contribution in [0.3, 0.4) is 0 Å². The van der Waals surface area contributed by atoms with Gasteiger partial charge in [0.1, 0.15) is 17.6 Å². The summed E-state index contributed by atoms with van der Waals surface area (Å²) in [5.41, 5.74) is 2.46. The largest absolute Gasteiger partial charge is 0.497 e. The number of nitrogens with one attached hydrogen (secondary N) is 1. The molecule has 0 aromatic heterocycles. The van der Waals surface area contributed by atoms with E-state index in [9.17, 15) is 0 Å². The van der Waals surface area contributed by atoms with E-state index < -0.39 is 0 Å². The molecule has 0 spiro atoms. The van der Waals surface area contributed by atoms with Crippen LogP contribution in [0.25, 0.3) is 0 Å². The fourth-order valence-corrected chi connectivity index (χ4v) is 3.79. The van der Waals surface area contributed by atoms with E-state index >= 15 is 0 Å². The predicted octanol–water partition coefficient (Wildman–Crippen LogP) is 1.81. The lowest BCUT2D eigenvalue weighted by Gasteiger charge is -2.31. The minimum Gasteiger partial charge on any atom is -0.497 e. The van der Waals surface area contributed by atoms with Crippen LogP contribution in [-0.4, -0.2) is 56.0 Å². The van der Waals surface area contributed by atoms with Gasteiger partial charge in [-0.3, -0.25) is 0 Å². The maximum atomic E-state index is 9.01. The second kappa shape index (κ2) is 8.19. The van der Waals surface area contributed by atoms with Crippen LogP contribution in [0.4, 0.5) is 0 Å². The first-order chi connectivity index (χ1) is 11.7. The average molecular weight is 334 g/mol. The summed E-state index contributed by atoms with van der Waals surface area (Å²) in [6.45, 7) is 7.25. The lowest BCUT2D eigenvalue weighted by molar-refractivity contribution is 0.146. The Hall–Kier alpha value is -1.30. The number of piperidine rings is 1. The van der Waals surface area contributed by atoms with E-state index in [1.807, 2.05) is 0 Å². The fourth-order valence-electron chi connectivity index (χ4n) is 3.79. The zero-order chi connectivity index (χ0) is 16.9. The van der Waals surface area contributed by atoms with Crippen LogP contribution in [-0.2, 0) is 13.0 Å². The molecular weight excluding hydrogens is 304 g/mol. The Labute approximate surface area is 144 Å². The van der Waals surface area contributed by atoms with Gasteiger partial charge in [0.25, 0.3) is 0 Å². The number of benzene rings is 1. The minimum atomic E-state index is 0.252. The third-order valence-electron chi connectivity index (χ3n) is 5.15. The topological polar surface area (TPSA) is 54.0 Å². The summed E-state index contributed by atoms with van der Waals surface area (Å²) in [7, 11) is 1.72. The molecule has 0 aliphatic carbocycles. The lowest BCUT2D eigenvalue weighted by Crippen LogP contribution is -2.38. The molecule has 1 aromatic rings. The molecule has 0 amide bonds. The Morgan fingerprint density at radius 1 is 1.33 bits per heavy atom. The number of aliphatic hydroxyl groups excluding tert-OH is 1. The van der Waals surface area contributed by atoms with Gasteiger partial charge in [0.2, 0.25) is 0 Å². The molecule has 1 saturated heterocycles. The maximum absolute atomic E-state index is 9.01. The van der Waals surface area contributed by atoms with E-state index in [0.717, 1.165) is 56.6 Å². The molecule has 2 heterocycles. The van der Waals surface area contributed by atoms with Crippen LogP contribution in [0, 0.1) is 5.92 Å². The molecular formula is C19H30N2O3. The van der Waals surface area contributed by atoms with Gasteiger partial charge in [-0.05, 0) is 57.5 Å². The van der Waals surface area contributed by atoms with Gasteiger partial charge in [-0.15, -0.1) is 0 Å². The molecule has 0 radical (unpaired) electrons. The van der Waals surface area contributed by atoms with Crippen LogP contribution in [0.15, 0.2) is 12.1 Å². The van der Waals surface area contributed by atoms with Crippen molar-refractivity contribution in [2.75, 3.05) is 39.9 Å². The van der Waals surface area contributed by atoms with Crippen LogP contribution in [0.1, 0.15) is 30.9 Å². The summed E-state index contributed by atoms with van der Waals surface area (Å²) in [6, 6.07) is 4.19. The SMILES string of the molecule is COc1cc(CNCC2CCN(CCO)CC2)c2c(c1)C[C@H](C)O2. The molecule has 0 unspecified atom stereocenters. The molecule has 2 aliphatic rings. The van der Waals surface area contributed by atoms with Crippen molar-refractivity contribution in [3.63, 3.8) is 0 Å². The van der Waals surface area contributed by atoms with Crippen molar-refractivity contribution < 1.29 is 14.6 Å². The number of hydrogen-bond donors (Lipinski definition) is 2. The molecule has 2 aliphatic heterocycles. The average Bonchev–Trinajstić information content (AvgIpc) is 2.97. The first kappa shape index (κ1) is 17.5. The lowest BCUT2D eigenvalue weighted by atomic mass is 9.96. The second-order valence-electron chi connectivity index (χ2n) is 7.05. The quantitative estimate of drug-likeness (QED) is 0.796. The third-order valence-corrected chi connectivity index (χ3v) is 5.15. The highest BCUT2D eigenvalue weighted by Crippen LogP contribution is 2.36. The van der Waals surface area contributed by atoms with Gasteiger partial charge in [-0.2, -0.15) is 0 Å². The number of aliphatic hydroxyl groups is 1. The number of likely N-dealkylation sites (tertiary alicyclic amines) is 1. The van der Waals surface area contributed by atoms with E-state index in [1.54, 1.807) is 7.11 Å². The fraction of sp³-hybridized carbons (Fsp3) is 0.684. The van der Waals surface area contributed by atoms with Gasteiger partial charge in [0.05, 0.1) is 13.7 Å². The number of β-amino-alcohol motifs (C(OH)–C–C–N with tert-alkyl or cyclic N) is 1. The van der Waals surface area contributed by atoms with Crippen LogP contribution < -0.4 is 14.8 Å². The first-order valence-corrected chi connectivity index (χ1v) is 9.10. The van der Waals surface area contributed by atoms with Crippen molar-refractivity contribution in [3.05, 3.63) is 23.3 Å². The van der Waals surface area contributed by atoms with Crippen LogP contribution in [0.2, 0.25) is 0 Å². The third kappa shape index (κ3) is 4.21. The maximum Gasteiger partial charge on any atom is 0.127 e. The van der Waals surface area contributed by atoms with Gasteiger partial charge in [-0.25, -0.2) is 0 Å². The predicted molar refractivity (Wildman–Crippen MR) is 94.7 cm³/mol. The summed E-state index contributed by atoms with van der Waals surface area (Å²) in [6.07, 6.45) is 3.62. The molecule has 1 aromatic carbocycles. The summed E-state index contributed by atoms with van der Waals surface area (Å²) >= 11 is 0. The van der Waals surface area contributed by atoms with Crippen molar-refractivity contribution >= 4 is 0 Å². The van der Waals surface area contributed by atoms with Gasteiger partial charge in [0, 0.05) is 30.6 Å². The van der Waals surface area contributed by atoms with E-state index in [0.29, 0.717) is 0 Å². The molecule has 5 nitrogen and oxygen atoms in total. The van der Waals surface area contributed by atoms with Crippen molar-refractivity contribution in [2.45, 2.75) is 38.8 Å². The molecule has 24 heavy (non-hydrogen) atoms. The first-order valence-electron chi connectivity index (χ1n) is 9.10. The Balaban J connectivity index is 1.51. The number of ether oxygens (including phenoxy) is 2. The summed E-state index contributed by atoms with van der Waals surface area (Å²) in [4.78, 5) is 2.35. The number of hydrogen-bond acceptors (Lipinski definition) is 5. The Bertz CT molecular complexity index is 542. The molecule has 3 rings (SSSR count). The Morgan fingerprint density at radius 2 is 2.12 bits per heavy atom. The van der Waals surface area contributed by atoms with Gasteiger partial charge in [0.15, 0.2) is 0 Å². The molecule has 1 atom stereocenters. The van der Waals surface area contributed by atoms with Gasteiger partial charge >= 0.3 is 0 Å².